The summed E-state index contributed by atoms with van der Waals surface area (Å²) in [5.41, 5.74) is 3.95. The Balaban J connectivity index is 1.11. The van der Waals surface area contributed by atoms with Gasteiger partial charge in [-0.25, -0.2) is 9.78 Å². The van der Waals surface area contributed by atoms with Gasteiger partial charge in [-0.05, 0) is 147 Å². The van der Waals surface area contributed by atoms with Crippen molar-refractivity contribution in [3.05, 3.63) is 62.9 Å². The lowest BCUT2D eigenvalue weighted by molar-refractivity contribution is -0.172. The molecule has 0 spiro atoms. The fraction of sp³-hybridized carbons (Fsp3) is 0.644. The predicted octanol–water partition coefficient (Wildman–Crippen LogP) is 8.83. The van der Waals surface area contributed by atoms with Gasteiger partial charge in [-0.3, -0.25) is 4.79 Å². The number of hydrogen-bond acceptors (Lipinski definition) is 6. The molecule has 1 N–H and O–H groups in total. The van der Waals surface area contributed by atoms with E-state index in [1.807, 2.05) is 0 Å². The van der Waals surface area contributed by atoms with E-state index in [1.54, 1.807) is 17.6 Å². The van der Waals surface area contributed by atoms with Gasteiger partial charge in [-0.2, -0.15) is 0 Å². The van der Waals surface area contributed by atoms with E-state index in [2.05, 4.69) is 45.0 Å². The average molecular weight is 705 g/mol. The summed E-state index contributed by atoms with van der Waals surface area (Å²) in [5, 5.41) is 12.4. The maximum atomic E-state index is 13.8. The molecule has 276 valence electrons. The van der Waals surface area contributed by atoms with Crippen molar-refractivity contribution in [3.63, 3.8) is 0 Å². The number of cyclic esters (lactones) is 1. The van der Waals surface area contributed by atoms with Gasteiger partial charge in [-0.15, -0.1) is 0 Å². The number of aldehydes is 1. The first-order valence-corrected chi connectivity index (χ1v) is 20.6. The molecule has 4 heterocycles. The zero-order valence-corrected chi connectivity index (χ0v) is 31.6. The van der Waals surface area contributed by atoms with E-state index >= 15 is 0 Å². The zero-order valence-electron chi connectivity index (χ0n) is 31.6. The number of esters is 1. The lowest BCUT2D eigenvalue weighted by Gasteiger charge is -2.63. The summed E-state index contributed by atoms with van der Waals surface area (Å²) in [6, 6.07) is 10.8. The molecule has 2 aromatic heterocycles. The molecular weight excluding hydrogens is 649 g/mol. The molecule has 2 aliphatic heterocycles. The molecule has 52 heavy (non-hydrogen) atoms. The van der Waals surface area contributed by atoms with Crippen LogP contribution in [0.4, 0.5) is 0 Å². The van der Waals surface area contributed by atoms with Gasteiger partial charge in [0.1, 0.15) is 12.9 Å². The maximum absolute atomic E-state index is 13.8. The van der Waals surface area contributed by atoms with Crippen LogP contribution < -0.4 is 5.56 Å². The summed E-state index contributed by atoms with van der Waals surface area (Å²) in [4.78, 5) is 44.1. The Bertz CT molecular complexity index is 2020. The summed E-state index contributed by atoms with van der Waals surface area (Å²) < 4.78 is 6.99. The molecule has 9 rings (SSSR count). The van der Waals surface area contributed by atoms with Crippen LogP contribution in [0.15, 0.2) is 35.1 Å². The van der Waals surface area contributed by atoms with Crippen LogP contribution >= 0.6 is 0 Å². The number of carbonyl (C=O) groups excluding carboxylic acids is 2. The summed E-state index contributed by atoms with van der Waals surface area (Å²) in [5.74, 6) is 3.42. The second kappa shape index (κ2) is 12.4. The van der Waals surface area contributed by atoms with Gasteiger partial charge in [0.2, 0.25) is 0 Å². The predicted molar refractivity (Wildman–Crippen MR) is 202 cm³/mol. The van der Waals surface area contributed by atoms with Gasteiger partial charge in [0.25, 0.3) is 5.56 Å². The van der Waals surface area contributed by atoms with Gasteiger partial charge in [0.15, 0.2) is 5.60 Å². The van der Waals surface area contributed by atoms with Crippen molar-refractivity contribution in [2.45, 2.75) is 136 Å². The molecular formula is C45H56N2O5. The highest BCUT2D eigenvalue weighted by atomic mass is 16.6. The fourth-order valence-corrected chi connectivity index (χ4v) is 13.4. The molecule has 3 aromatic rings. The Labute approximate surface area is 307 Å². The number of benzene rings is 1. The Kier molecular flexibility index (Phi) is 8.19. The normalized spacial score (nSPS) is 35.7. The van der Waals surface area contributed by atoms with Crippen molar-refractivity contribution in [2.24, 2.45) is 46.3 Å². The molecule has 7 heteroatoms. The summed E-state index contributed by atoms with van der Waals surface area (Å²) in [7, 11) is 0. The van der Waals surface area contributed by atoms with Crippen molar-refractivity contribution < 1.29 is 19.4 Å². The first-order chi connectivity index (χ1) is 25.0. The van der Waals surface area contributed by atoms with E-state index in [1.165, 1.54) is 76.1 Å². The molecule has 0 radical (unpaired) electrons. The zero-order chi connectivity index (χ0) is 36.2. The molecule has 4 aliphatic carbocycles. The quantitative estimate of drug-likeness (QED) is 0.153. The molecule has 0 saturated heterocycles. The highest BCUT2D eigenvalue weighted by Gasteiger charge is 2.60. The largest absolute Gasteiger partial charge is 0.458 e. The van der Waals surface area contributed by atoms with Crippen LogP contribution in [0.25, 0.3) is 22.3 Å². The molecule has 6 aliphatic rings. The first-order valence-electron chi connectivity index (χ1n) is 20.6. The molecule has 0 amide bonds. The second-order valence-electron chi connectivity index (χ2n) is 18.3. The highest BCUT2D eigenvalue weighted by Crippen LogP contribution is 2.69. The van der Waals surface area contributed by atoms with Crippen molar-refractivity contribution in [2.75, 3.05) is 0 Å². The monoisotopic (exact) mass is 704 g/mol. The molecule has 1 aromatic carbocycles. The van der Waals surface area contributed by atoms with E-state index < -0.39 is 11.6 Å². The van der Waals surface area contributed by atoms with Crippen molar-refractivity contribution in [1.29, 1.82) is 0 Å². The Morgan fingerprint density at radius 2 is 1.85 bits per heavy atom. The van der Waals surface area contributed by atoms with Crippen molar-refractivity contribution >= 4 is 23.2 Å². The SMILES string of the molecule is CCC(C=O)CC(c1ccc2nc3c(cc2c1)Cn1c-3cc2c(c1=O)COC(=O)C2(O)CC)C1CCCC2CC[C@H]3[C@@H]4CCC[C@@]4(C)CC[C@@H]3[C@]21C. The molecule has 10 atom stereocenters. The standard InChI is InChI=1S/C45H56N2O5/c1-5-26(24-48)19-32(35-10-7-9-30-13-14-31-34-11-8-17-43(34,3)18-16-36(31)44(30,35)4)27-12-15-38-28(20-27)21-29-23-47-39(40(29)46-38)22-37-33(41(47)49)25-52-42(50)45(37,51)6-2/h12,15,20-22,24,26,30-32,34-36,51H,5-11,13-14,16-19,23,25H2,1-4H3/t26?,30?,31-,32?,34-,35?,36-,43-,44+,45?/m0/s1. The van der Waals surface area contributed by atoms with Gasteiger partial charge in [0, 0.05) is 22.4 Å². The summed E-state index contributed by atoms with van der Waals surface area (Å²) >= 11 is 0. The van der Waals surface area contributed by atoms with Crippen LogP contribution in [-0.4, -0.2) is 26.9 Å². The Morgan fingerprint density at radius 1 is 1.00 bits per heavy atom. The second-order valence-corrected chi connectivity index (χ2v) is 18.3. The number of pyridine rings is 2. The third-order valence-electron chi connectivity index (χ3n) is 16.3. The van der Waals surface area contributed by atoms with Crippen LogP contribution in [0.5, 0.6) is 0 Å². The fourth-order valence-electron chi connectivity index (χ4n) is 13.4. The van der Waals surface area contributed by atoms with Crippen LogP contribution in [0.1, 0.15) is 139 Å². The molecule has 4 saturated carbocycles. The third-order valence-corrected chi connectivity index (χ3v) is 16.3. The van der Waals surface area contributed by atoms with E-state index in [0.717, 1.165) is 58.7 Å². The lowest BCUT2D eigenvalue weighted by Crippen LogP contribution is -2.56. The van der Waals surface area contributed by atoms with Gasteiger partial charge in [0.05, 0.1) is 29.0 Å². The molecule has 0 bridgehead atoms. The number of nitrogens with zero attached hydrogens (tertiary/aromatic N) is 2. The van der Waals surface area contributed by atoms with E-state index in [9.17, 15) is 19.5 Å². The summed E-state index contributed by atoms with van der Waals surface area (Å²) in [6.07, 6.45) is 16.7. The Hall–Kier alpha value is -3.32. The maximum Gasteiger partial charge on any atom is 0.343 e. The number of carbonyl (C=O) groups is 2. The summed E-state index contributed by atoms with van der Waals surface area (Å²) in [6.45, 7) is 9.45. The number of ether oxygens (including phenoxy) is 1. The minimum Gasteiger partial charge on any atom is -0.458 e. The van der Waals surface area contributed by atoms with Crippen molar-refractivity contribution in [3.8, 4) is 11.4 Å². The number of rotatable bonds is 7. The smallest absolute Gasteiger partial charge is 0.343 e. The van der Waals surface area contributed by atoms with Gasteiger partial charge >= 0.3 is 5.97 Å². The Morgan fingerprint density at radius 3 is 2.63 bits per heavy atom. The molecule has 7 nitrogen and oxygen atoms in total. The lowest BCUT2D eigenvalue weighted by atomic mass is 9.41. The average Bonchev–Trinajstić information content (AvgIpc) is 3.73. The van der Waals surface area contributed by atoms with Crippen molar-refractivity contribution in [1.82, 2.24) is 9.55 Å². The number of fused-ring (bicyclic) bond motifs is 10. The van der Waals surface area contributed by atoms with E-state index in [4.69, 9.17) is 9.72 Å². The topological polar surface area (TPSA) is 98.5 Å². The van der Waals surface area contributed by atoms with E-state index in [0.29, 0.717) is 40.6 Å². The van der Waals surface area contributed by atoms with E-state index in [-0.39, 0.29) is 29.9 Å². The molecule has 5 unspecified atom stereocenters. The van der Waals surface area contributed by atoms with Gasteiger partial charge < -0.3 is 19.2 Å². The number of aliphatic hydroxyl groups is 1. The minimum absolute atomic E-state index is 0.0386. The highest BCUT2D eigenvalue weighted by molar-refractivity contribution is 5.86. The van der Waals surface area contributed by atoms with Crippen LogP contribution in [-0.2, 0) is 33.1 Å². The van der Waals surface area contributed by atoms with Gasteiger partial charge in [-0.1, -0.05) is 46.6 Å². The van der Waals surface area contributed by atoms with Crippen LogP contribution in [0.2, 0.25) is 0 Å². The number of hydrogen-bond donors (Lipinski definition) is 1. The molecule has 4 fully saturated rings. The van der Waals surface area contributed by atoms with Crippen LogP contribution in [0.3, 0.4) is 0 Å². The first kappa shape index (κ1) is 34.4. The minimum atomic E-state index is -1.84. The third kappa shape index (κ3) is 4.85. The number of aromatic nitrogens is 2. The van der Waals surface area contributed by atoms with Crippen LogP contribution in [0, 0.1) is 46.3 Å².